The van der Waals surface area contributed by atoms with Gasteiger partial charge in [-0.3, -0.25) is 0 Å². The summed E-state index contributed by atoms with van der Waals surface area (Å²) in [5.41, 5.74) is 0. The molecule has 2 aromatic rings. The Balaban J connectivity index is 2.69. The Kier molecular flexibility index (Phi) is 2.68. The molecule has 0 radical (unpaired) electrons. The molecular formula is C10H5BrN2S. The van der Waals surface area contributed by atoms with E-state index in [1.54, 1.807) is 6.20 Å². The Hall–Kier alpha value is -1.09. The van der Waals surface area contributed by atoms with E-state index in [0.717, 1.165) is 15.2 Å². The van der Waals surface area contributed by atoms with Crippen LogP contribution in [0.2, 0.25) is 0 Å². The number of nitrogens with zero attached hydrogens (tertiary/aromatic N) is 2. The molecule has 2 nitrogen and oxygen atoms in total. The molecule has 0 fully saturated rings. The molecule has 0 atom stereocenters. The van der Waals surface area contributed by atoms with Gasteiger partial charge >= 0.3 is 0 Å². The first kappa shape index (κ1) is 9.46. The van der Waals surface area contributed by atoms with Gasteiger partial charge in [0.15, 0.2) is 5.82 Å². The molecule has 0 bridgehead atoms. The predicted octanol–water partition coefficient (Wildman–Crippen LogP) is 3.73. The van der Waals surface area contributed by atoms with Gasteiger partial charge in [0.05, 0.1) is 5.16 Å². The van der Waals surface area contributed by atoms with E-state index < -0.39 is 0 Å². The molecule has 14 heavy (non-hydrogen) atoms. The number of hydrogen-bond acceptors (Lipinski definition) is 3. The number of thiocarbonyl (C=S) groups is 1. The summed E-state index contributed by atoms with van der Waals surface area (Å²) in [5.74, 6) is 0.589. The smallest absolute Gasteiger partial charge is 0.163 e. The number of benzene rings is 1. The van der Waals surface area contributed by atoms with E-state index in [-0.39, 0.29) is 0 Å². The van der Waals surface area contributed by atoms with Crippen molar-refractivity contribution in [2.45, 2.75) is 0 Å². The Bertz CT molecular complexity index is 533. The lowest BCUT2D eigenvalue weighted by Gasteiger charge is -1.98. The highest BCUT2D eigenvalue weighted by Crippen LogP contribution is 2.21. The normalized spacial score (nSPS) is 9.79. The zero-order chi connectivity index (χ0) is 9.97. The molecule has 1 aromatic carbocycles. The van der Waals surface area contributed by atoms with E-state index in [9.17, 15) is 0 Å². The number of halogens is 1. The second-order valence-corrected chi connectivity index (χ2v) is 3.84. The SMILES string of the molecule is S=C=Nc1cc2cc(Br)ccc2cn1. The van der Waals surface area contributed by atoms with Crippen LogP contribution in [-0.2, 0) is 0 Å². The standard InChI is InChI=1S/C10H5BrN2S/c11-9-2-1-7-5-12-10(13-6-14)4-8(7)3-9/h1-5H. The molecule has 0 unspecified atom stereocenters. The lowest BCUT2D eigenvalue weighted by Crippen LogP contribution is -1.76. The third-order valence-electron chi connectivity index (χ3n) is 1.83. The molecule has 0 aliphatic heterocycles. The van der Waals surface area contributed by atoms with E-state index in [1.807, 2.05) is 24.3 Å². The fourth-order valence-corrected chi connectivity index (χ4v) is 1.68. The Labute approximate surface area is 94.8 Å². The molecule has 0 amide bonds. The summed E-state index contributed by atoms with van der Waals surface area (Å²) >= 11 is 7.93. The molecule has 0 aliphatic rings. The maximum absolute atomic E-state index is 4.52. The number of hydrogen-bond donors (Lipinski definition) is 0. The van der Waals surface area contributed by atoms with Crippen LogP contribution in [0.15, 0.2) is 39.9 Å². The van der Waals surface area contributed by atoms with Crippen LogP contribution in [0, 0.1) is 0 Å². The molecule has 1 heterocycles. The summed E-state index contributed by atoms with van der Waals surface area (Å²) in [6.07, 6.45) is 1.77. The van der Waals surface area contributed by atoms with Gasteiger partial charge in [-0.05, 0) is 35.8 Å². The van der Waals surface area contributed by atoms with E-state index in [2.05, 4.69) is 43.3 Å². The number of isothiocyanates is 1. The van der Waals surface area contributed by atoms with Gasteiger partial charge in [0.2, 0.25) is 0 Å². The van der Waals surface area contributed by atoms with E-state index >= 15 is 0 Å². The monoisotopic (exact) mass is 264 g/mol. The Morgan fingerprint density at radius 2 is 2.14 bits per heavy atom. The van der Waals surface area contributed by atoms with Gasteiger partial charge in [0.25, 0.3) is 0 Å². The zero-order valence-electron chi connectivity index (χ0n) is 7.07. The first-order chi connectivity index (χ1) is 6.79. The zero-order valence-corrected chi connectivity index (χ0v) is 9.47. The van der Waals surface area contributed by atoms with Crippen molar-refractivity contribution in [2.75, 3.05) is 0 Å². The fourth-order valence-electron chi connectivity index (χ4n) is 1.21. The first-order valence-electron chi connectivity index (χ1n) is 3.93. The van der Waals surface area contributed by atoms with Crippen molar-refractivity contribution in [2.24, 2.45) is 4.99 Å². The number of fused-ring (bicyclic) bond motifs is 1. The topological polar surface area (TPSA) is 25.2 Å². The summed E-state index contributed by atoms with van der Waals surface area (Å²) in [5, 5.41) is 4.46. The average molecular weight is 265 g/mol. The molecule has 0 saturated carbocycles. The largest absolute Gasteiger partial charge is 0.236 e. The van der Waals surface area contributed by atoms with Gasteiger partial charge < -0.3 is 0 Å². The van der Waals surface area contributed by atoms with Crippen LogP contribution in [0.25, 0.3) is 10.8 Å². The predicted molar refractivity (Wildman–Crippen MR) is 64.1 cm³/mol. The number of pyridine rings is 1. The number of rotatable bonds is 1. The summed E-state index contributed by atoms with van der Waals surface area (Å²) in [6.45, 7) is 0. The maximum atomic E-state index is 4.52. The summed E-state index contributed by atoms with van der Waals surface area (Å²) < 4.78 is 1.04. The van der Waals surface area contributed by atoms with Crippen molar-refractivity contribution in [3.8, 4) is 0 Å². The molecule has 0 saturated heterocycles. The summed E-state index contributed by atoms with van der Waals surface area (Å²) in [6, 6.07) is 7.86. The summed E-state index contributed by atoms with van der Waals surface area (Å²) in [4.78, 5) is 7.94. The summed E-state index contributed by atoms with van der Waals surface area (Å²) in [7, 11) is 0. The lowest BCUT2D eigenvalue weighted by atomic mass is 10.2. The van der Waals surface area contributed by atoms with Gasteiger partial charge in [0.1, 0.15) is 0 Å². The maximum Gasteiger partial charge on any atom is 0.163 e. The highest BCUT2D eigenvalue weighted by molar-refractivity contribution is 9.10. The van der Waals surface area contributed by atoms with Crippen molar-refractivity contribution < 1.29 is 0 Å². The second-order valence-electron chi connectivity index (χ2n) is 2.74. The van der Waals surface area contributed by atoms with Crippen LogP contribution in [0.3, 0.4) is 0 Å². The molecular weight excluding hydrogens is 260 g/mol. The van der Waals surface area contributed by atoms with Crippen molar-refractivity contribution in [1.29, 1.82) is 0 Å². The van der Waals surface area contributed by atoms with Gasteiger partial charge in [-0.1, -0.05) is 22.0 Å². The van der Waals surface area contributed by atoms with Gasteiger partial charge in [-0.25, -0.2) is 4.98 Å². The van der Waals surface area contributed by atoms with Crippen LogP contribution in [0.5, 0.6) is 0 Å². The molecule has 1 aromatic heterocycles. The third-order valence-corrected chi connectivity index (χ3v) is 2.41. The lowest BCUT2D eigenvalue weighted by molar-refractivity contribution is 1.31. The highest BCUT2D eigenvalue weighted by atomic mass is 79.9. The Morgan fingerprint density at radius 3 is 2.93 bits per heavy atom. The molecule has 0 aliphatic carbocycles. The fraction of sp³-hybridized carbons (Fsp3) is 0. The molecule has 0 N–H and O–H groups in total. The van der Waals surface area contributed by atoms with E-state index in [1.165, 1.54) is 0 Å². The molecule has 68 valence electrons. The van der Waals surface area contributed by atoms with Crippen LogP contribution in [0.1, 0.15) is 0 Å². The minimum atomic E-state index is 0.589. The second kappa shape index (κ2) is 3.96. The van der Waals surface area contributed by atoms with Crippen LogP contribution in [-0.4, -0.2) is 10.1 Å². The Morgan fingerprint density at radius 1 is 1.29 bits per heavy atom. The van der Waals surface area contributed by atoms with Gasteiger partial charge in [-0.2, -0.15) is 4.99 Å². The van der Waals surface area contributed by atoms with Crippen molar-refractivity contribution in [3.05, 3.63) is 34.9 Å². The van der Waals surface area contributed by atoms with Crippen molar-refractivity contribution in [1.82, 2.24) is 4.98 Å². The van der Waals surface area contributed by atoms with Gasteiger partial charge in [-0.15, -0.1) is 0 Å². The molecule has 4 heteroatoms. The minimum Gasteiger partial charge on any atom is -0.236 e. The van der Waals surface area contributed by atoms with Crippen molar-refractivity contribution in [3.63, 3.8) is 0 Å². The van der Waals surface area contributed by atoms with Crippen LogP contribution < -0.4 is 0 Å². The molecule has 2 rings (SSSR count). The van der Waals surface area contributed by atoms with Crippen LogP contribution >= 0.6 is 28.1 Å². The number of aromatic nitrogens is 1. The average Bonchev–Trinajstić information content (AvgIpc) is 2.17. The van der Waals surface area contributed by atoms with Crippen LogP contribution in [0.4, 0.5) is 5.82 Å². The van der Waals surface area contributed by atoms with Gasteiger partial charge in [0, 0.05) is 16.1 Å². The van der Waals surface area contributed by atoms with E-state index in [4.69, 9.17) is 0 Å². The number of aliphatic imine (C=N–C) groups is 1. The quantitative estimate of drug-likeness (QED) is 0.579. The highest BCUT2D eigenvalue weighted by Gasteiger charge is 1.96. The van der Waals surface area contributed by atoms with Crippen molar-refractivity contribution >= 4 is 49.9 Å². The minimum absolute atomic E-state index is 0.589. The third kappa shape index (κ3) is 1.87. The first-order valence-corrected chi connectivity index (χ1v) is 5.13. The van der Waals surface area contributed by atoms with E-state index in [0.29, 0.717) is 5.82 Å². The molecule has 0 spiro atoms.